The Kier molecular flexibility index (Phi) is 6.85. The molecule has 3 aromatic rings. The van der Waals surface area contributed by atoms with Gasteiger partial charge in [0.25, 0.3) is 0 Å². The van der Waals surface area contributed by atoms with Gasteiger partial charge in [0.15, 0.2) is 11.6 Å². The molecule has 2 heterocycles. The number of alkyl halides is 1. The van der Waals surface area contributed by atoms with Gasteiger partial charge >= 0.3 is 0 Å². The Morgan fingerprint density at radius 1 is 1.15 bits per heavy atom. The Bertz CT molecular complexity index is 1280. The second-order valence-corrected chi connectivity index (χ2v) is 8.09. The van der Waals surface area contributed by atoms with Gasteiger partial charge in [-0.3, -0.25) is 9.59 Å². The predicted octanol–water partition coefficient (Wildman–Crippen LogP) is 4.21. The van der Waals surface area contributed by atoms with E-state index in [1.807, 2.05) is 0 Å². The van der Waals surface area contributed by atoms with E-state index in [0.29, 0.717) is 36.8 Å². The summed E-state index contributed by atoms with van der Waals surface area (Å²) in [4.78, 5) is 27.4. The minimum Gasteiger partial charge on any atom is -0.364 e. The number of carbonyl (C=O) groups excluding carboxylic acids is 1. The van der Waals surface area contributed by atoms with Crippen LogP contribution in [0.2, 0.25) is 5.02 Å². The van der Waals surface area contributed by atoms with Crippen LogP contribution >= 0.6 is 11.6 Å². The SMILES string of the molecule is O=C(C=Cc1ccc(Cl)cc1)c1cn(CCF)c2c(F)c(N3CCNCC3)c(F)cc2c1=O. The van der Waals surface area contributed by atoms with E-state index in [1.54, 1.807) is 29.2 Å². The largest absolute Gasteiger partial charge is 0.364 e. The monoisotopic (exact) mass is 475 g/mol. The lowest BCUT2D eigenvalue weighted by Gasteiger charge is -2.30. The molecule has 4 rings (SSSR count). The van der Waals surface area contributed by atoms with Crippen molar-refractivity contribution in [3.8, 4) is 0 Å². The van der Waals surface area contributed by atoms with E-state index in [1.165, 1.54) is 16.7 Å². The Morgan fingerprint density at radius 3 is 2.52 bits per heavy atom. The summed E-state index contributed by atoms with van der Waals surface area (Å²) >= 11 is 5.85. The third kappa shape index (κ3) is 4.67. The van der Waals surface area contributed by atoms with Crippen molar-refractivity contribution >= 4 is 40.1 Å². The molecule has 1 aliphatic rings. The van der Waals surface area contributed by atoms with Gasteiger partial charge < -0.3 is 14.8 Å². The zero-order valence-corrected chi connectivity index (χ0v) is 18.3. The lowest BCUT2D eigenvalue weighted by molar-refractivity contribution is 0.104. The molecule has 1 saturated heterocycles. The van der Waals surface area contributed by atoms with Gasteiger partial charge in [0.2, 0.25) is 5.43 Å². The van der Waals surface area contributed by atoms with Gasteiger partial charge in [0, 0.05) is 37.4 Å². The van der Waals surface area contributed by atoms with Crippen LogP contribution in [0, 0.1) is 11.6 Å². The average molecular weight is 476 g/mol. The summed E-state index contributed by atoms with van der Waals surface area (Å²) in [5.41, 5.74) is -0.899. The molecule has 0 saturated carbocycles. The molecule has 2 aromatic carbocycles. The summed E-state index contributed by atoms with van der Waals surface area (Å²) in [6.45, 7) is 0.744. The number of benzene rings is 2. The van der Waals surface area contributed by atoms with Gasteiger partial charge in [-0.15, -0.1) is 0 Å². The van der Waals surface area contributed by atoms with E-state index >= 15 is 4.39 Å². The van der Waals surface area contributed by atoms with Crippen molar-refractivity contribution in [2.45, 2.75) is 6.54 Å². The summed E-state index contributed by atoms with van der Waals surface area (Å²) in [7, 11) is 0. The van der Waals surface area contributed by atoms with E-state index in [9.17, 15) is 18.4 Å². The van der Waals surface area contributed by atoms with Gasteiger partial charge in [-0.1, -0.05) is 29.8 Å². The molecule has 5 nitrogen and oxygen atoms in total. The molecule has 0 unspecified atom stereocenters. The van der Waals surface area contributed by atoms with E-state index in [4.69, 9.17) is 11.6 Å². The first-order valence-electron chi connectivity index (χ1n) is 10.5. The highest BCUT2D eigenvalue weighted by Gasteiger charge is 2.25. The number of hydrogen-bond donors (Lipinski definition) is 1. The maximum absolute atomic E-state index is 15.5. The van der Waals surface area contributed by atoms with Gasteiger partial charge in [-0.2, -0.15) is 0 Å². The van der Waals surface area contributed by atoms with E-state index in [-0.39, 0.29) is 28.7 Å². The van der Waals surface area contributed by atoms with Crippen molar-refractivity contribution < 1.29 is 18.0 Å². The molecule has 0 bridgehead atoms. The highest BCUT2D eigenvalue weighted by Crippen LogP contribution is 2.30. The van der Waals surface area contributed by atoms with Gasteiger partial charge in [-0.25, -0.2) is 13.2 Å². The minimum absolute atomic E-state index is 0.217. The number of fused-ring (bicyclic) bond motifs is 1. The molecule has 1 aromatic heterocycles. The minimum atomic E-state index is -0.937. The third-order valence-electron chi connectivity index (χ3n) is 5.55. The van der Waals surface area contributed by atoms with Crippen molar-refractivity contribution in [1.29, 1.82) is 0 Å². The Hall–Kier alpha value is -3.10. The smallest absolute Gasteiger partial charge is 0.200 e. The van der Waals surface area contributed by atoms with Crippen LogP contribution in [0.1, 0.15) is 15.9 Å². The molecule has 0 atom stereocenters. The lowest BCUT2D eigenvalue weighted by atomic mass is 10.0. The summed E-state index contributed by atoms with van der Waals surface area (Å²) in [6, 6.07) is 7.62. The van der Waals surface area contributed by atoms with Crippen LogP contribution in [0.25, 0.3) is 17.0 Å². The molecule has 0 spiro atoms. The zero-order valence-electron chi connectivity index (χ0n) is 17.6. The number of anilines is 1. The number of allylic oxidation sites excluding steroid dienone is 1. The maximum Gasteiger partial charge on any atom is 0.200 e. The highest BCUT2D eigenvalue weighted by atomic mass is 35.5. The molecular formula is C24H21ClF3N3O2. The van der Waals surface area contributed by atoms with Crippen molar-refractivity contribution in [3.63, 3.8) is 0 Å². The molecule has 172 valence electrons. The summed E-state index contributed by atoms with van der Waals surface area (Å²) in [6.07, 6.45) is 3.82. The molecule has 1 N–H and O–H groups in total. The van der Waals surface area contributed by atoms with Gasteiger partial charge in [0.1, 0.15) is 18.2 Å². The molecule has 0 amide bonds. The molecule has 9 heteroatoms. The van der Waals surface area contributed by atoms with Crippen LogP contribution in [0.15, 0.2) is 47.4 Å². The van der Waals surface area contributed by atoms with Crippen LogP contribution in [0.5, 0.6) is 0 Å². The summed E-state index contributed by atoms with van der Waals surface area (Å²) in [5, 5.41) is 3.34. The maximum atomic E-state index is 15.5. The fraction of sp³-hybridized carbons (Fsp3) is 0.250. The topological polar surface area (TPSA) is 54.3 Å². The van der Waals surface area contributed by atoms with Crippen molar-refractivity contribution in [3.05, 3.63) is 80.6 Å². The number of halogens is 4. The Balaban J connectivity index is 1.82. The van der Waals surface area contributed by atoms with Crippen molar-refractivity contribution in [2.75, 3.05) is 37.8 Å². The predicted molar refractivity (Wildman–Crippen MR) is 124 cm³/mol. The lowest BCUT2D eigenvalue weighted by Crippen LogP contribution is -2.44. The van der Waals surface area contributed by atoms with Gasteiger partial charge in [-0.05, 0) is 29.8 Å². The average Bonchev–Trinajstić information content (AvgIpc) is 2.81. The highest BCUT2D eigenvalue weighted by molar-refractivity contribution is 6.30. The number of pyridine rings is 1. The molecule has 0 aliphatic carbocycles. The number of hydrogen-bond acceptors (Lipinski definition) is 4. The Morgan fingerprint density at radius 2 is 1.85 bits per heavy atom. The van der Waals surface area contributed by atoms with Crippen LogP contribution in [0.3, 0.4) is 0 Å². The van der Waals surface area contributed by atoms with E-state index in [2.05, 4.69) is 5.32 Å². The first-order chi connectivity index (χ1) is 15.9. The molecule has 0 radical (unpaired) electrons. The number of aromatic nitrogens is 1. The molecule has 33 heavy (non-hydrogen) atoms. The van der Waals surface area contributed by atoms with Crippen molar-refractivity contribution in [2.24, 2.45) is 0 Å². The van der Waals surface area contributed by atoms with Crippen molar-refractivity contribution in [1.82, 2.24) is 9.88 Å². The number of ketones is 1. The normalized spacial score (nSPS) is 14.4. The third-order valence-corrected chi connectivity index (χ3v) is 5.80. The molecular weight excluding hydrogens is 455 g/mol. The van der Waals surface area contributed by atoms with Gasteiger partial charge in [0.05, 0.1) is 23.0 Å². The number of rotatable bonds is 6. The number of carbonyl (C=O) groups is 1. The second kappa shape index (κ2) is 9.80. The van der Waals surface area contributed by atoms with E-state index in [0.717, 1.165) is 12.3 Å². The van der Waals surface area contributed by atoms with Crippen LogP contribution in [-0.4, -0.2) is 43.2 Å². The van der Waals surface area contributed by atoms with Crippen LogP contribution < -0.4 is 15.6 Å². The zero-order chi connectivity index (χ0) is 23.5. The quantitative estimate of drug-likeness (QED) is 0.429. The number of piperazine rings is 1. The molecule has 1 aliphatic heterocycles. The first kappa shape index (κ1) is 23.1. The summed E-state index contributed by atoms with van der Waals surface area (Å²) < 4.78 is 44.9. The summed E-state index contributed by atoms with van der Waals surface area (Å²) in [5.74, 6) is -2.49. The van der Waals surface area contributed by atoms with Crippen LogP contribution in [-0.2, 0) is 6.54 Å². The van der Waals surface area contributed by atoms with E-state index < -0.39 is 29.5 Å². The van der Waals surface area contributed by atoms with Crippen LogP contribution in [0.4, 0.5) is 18.9 Å². The number of nitrogens with one attached hydrogen (secondary N) is 1. The second-order valence-electron chi connectivity index (χ2n) is 7.66. The number of aryl methyl sites for hydroxylation is 1. The first-order valence-corrected chi connectivity index (χ1v) is 10.8. The fourth-order valence-corrected chi connectivity index (χ4v) is 4.06. The number of nitrogens with zero attached hydrogens (tertiary/aromatic N) is 2. The Labute approximate surface area is 193 Å². The standard InChI is InChI=1S/C24H21ClF3N3O2/c25-16-4-1-15(2-5-16)3-6-20(32)18-14-31(10-7-26)22-17(24(18)33)13-19(27)23(21(22)28)30-11-8-29-9-12-30/h1-6,13-14,29H,7-12H2. The fourth-order valence-electron chi connectivity index (χ4n) is 3.93. The molecule has 1 fully saturated rings.